The smallest absolute Gasteiger partial charge is 0.264 e. The number of benzene rings is 3. The highest BCUT2D eigenvalue weighted by atomic mass is 35.5. The molecule has 1 saturated heterocycles. The van der Waals surface area contributed by atoms with Gasteiger partial charge in [-0.25, -0.2) is 16.8 Å². The second-order valence-corrected chi connectivity index (χ2v) is 12.9. The summed E-state index contributed by atoms with van der Waals surface area (Å²) in [6.45, 7) is 2.10. The third-order valence-electron chi connectivity index (χ3n) is 6.11. The zero-order valence-electron chi connectivity index (χ0n) is 21.3. The number of rotatable bonds is 9. The first kappa shape index (κ1) is 28.8. The highest BCUT2D eigenvalue weighted by Gasteiger charge is 2.31. The molecule has 1 aliphatic heterocycles. The Kier molecular flexibility index (Phi) is 8.82. The normalized spacial score (nSPS) is 14.5. The van der Waals surface area contributed by atoms with E-state index in [-0.39, 0.29) is 47.5 Å². The second kappa shape index (κ2) is 11.9. The highest BCUT2D eigenvalue weighted by molar-refractivity contribution is 7.92. The molecule has 13 heteroatoms. The van der Waals surface area contributed by atoms with Crippen LogP contribution in [0, 0.1) is 6.92 Å². The average Bonchev–Trinajstić information content (AvgIpc) is 2.93. The average molecular weight is 594 g/mol. The molecule has 1 N–H and O–H groups in total. The van der Waals surface area contributed by atoms with E-state index in [1.165, 1.54) is 53.9 Å². The number of hydrogen-bond acceptors (Lipinski definition) is 7. The highest BCUT2D eigenvalue weighted by Crippen LogP contribution is 2.31. The Hall–Kier alpha value is -3.16. The summed E-state index contributed by atoms with van der Waals surface area (Å²) in [5, 5.41) is 3.00. The molecule has 4 rings (SSSR count). The van der Waals surface area contributed by atoms with E-state index in [1.54, 1.807) is 31.2 Å². The van der Waals surface area contributed by atoms with E-state index in [0.29, 0.717) is 16.3 Å². The van der Waals surface area contributed by atoms with Crippen molar-refractivity contribution in [1.82, 2.24) is 4.31 Å². The van der Waals surface area contributed by atoms with Gasteiger partial charge in [0.1, 0.15) is 17.2 Å². The van der Waals surface area contributed by atoms with Gasteiger partial charge in [0.2, 0.25) is 15.9 Å². The van der Waals surface area contributed by atoms with Crippen LogP contribution in [0.3, 0.4) is 0 Å². The molecule has 0 unspecified atom stereocenters. The Labute approximate surface area is 233 Å². The van der Waals surface area contributed by atoms with E-state index in [4.69, 9.17) is 21.1 Å². The molecule has 0 aromatic heterocycles. The standard InChI is InChI=1S/C26H28ClN3O7S2/c1-19-5-3-4-6-23(19)30(38(32,33)22-10-7-20(27)8-11-22)18-26(31)28-21-9-12-24(36-2)25(17-21)39(34,35)29-13-15-37-16-14-29/h3-12,17H,13-16,18H2,1-2H3,(H,28,31). The molecule has 0 atom stereocenters. The number of nitrogens with zero attached hydrogens (tertiary/aromatic N) is 2. The molecule has 0 saturated carbocycles. The van der Waals surface area contributed by atoms with Crippen LogP contribution in [0.5, 0.6) is 5.75 Å². The maximum Gasteiger partial charge on any atom is 0.264 e. The van der Waals surface area contributed by atoms with Gasteiger partial charge < -0.3 is 14.8 Å². The summed E-state index contributed by atoms with van der Waals surface area (Å²) < 4.78 is 66.7. The topological polar surface area (TPSA) is 122 Å². The maximum atomic E-state index is 13.6. The predicted molar refractivity (Wildman–Crippen MR) is 148 cm³/mol. The third-order valence-corrected chi connectivity index (χ3v) is 10.1. The van der Waals surface area contributed by atoms with Crippen LogP contribution in [0.1, 0.15) is 5.56 Å². The summed E-state index contributed by atoms with van der Waals surface area (Å²) in [6, 6.07) is 16.7. The number of carbonyl (C=O) groups excluding carboxylic acids is 1. The van der Waals surface area contributed by atoms with E-state index >= 15 is 0 Å². The number of morpholine rings is 1. The Balaban J connectivity index is 1.65. The number of halogens is 1. The lowest BCUT2D eigenvalue weighted by Gasteiger charge is -2.27. The Morgan fingerprint density at radius 1 is 1.03 bits per heavy atom. The molecule has 3 aromatic carbocycles. The summed E-state index contributed by atoms with van der Waals surface area (Å²) in [5.41, 5.74) is 1.14. The predicted octanol–water partition coefficient (Wildman–Crippen LogP) is 3.51. The lowest BCUT2D eigenvalue weighted by atomic mass is 10.2. The third kappa shape index (κ3) is 6.36. The molecule has 0 aliphatic carbocycles. The molecule has 1 aliphatic rings. The SMILES string of the molecule is COc1ccc(NC(=O)CN(c2ccccc2C)S(=O)(=O)c2ccc(Cl)cc2)cc1S(=O)(=O)N1CCOCC1. The number of carbonyl (C=O) groups is 1. The first-order chi connectivity index (χ1) is 18.5. The number of sulfonamides is 2. The fraction of sp³-hybridized carbons (Fsp3) is 0.269. The molecule has 1 fully saturated rings. The Morgan fingerprint density at radius 2 is 1.69 bits per heavy atom. The fourth-order valence-corrected chi connectivity index (χ4v) is 7.29. The molecule has 10 nitrogen and oxygen atoms in total. The van der Waals surface area contributed by atoms with E-state index in [1.807, 2.05) is 0 Å². The van der Waals surface area contributed by atoms with Crippen LogP contribution in [0.15, 0.2) is 76.5 Å². The van der Waals surface area contributed by atoms with Gasteiger partial charge in [-0.05, 0) is 61.0 Å². The molecule has 0 radical (unpaired) electrons. The molecule has 0 spiro atoms. The summed E-state index contributed by atoms with van der Waals surface area (Å²) in [5.74, 6) is -0.554. The molecule has 3 aromatic rings. The van der Waals surface area contributed by atoms with Gasteiger partial charge in [0, 0.05) is 23.8 Å². The van der Waals surface area contributed by atoms with Crippen molar-refractivity contribution in [3.05, 3.63) is 77.3 Å². The van der Waals surface area contributed by atoms with Crippen molar-refractivity contribution >= 4 is 48.9 Å². The molecular weight excluding hydrogens is 566 g/mol. The molecule has 1 heterocycles. The van der Waals surface area contributed by atoms with E-state index in [0.717, 1.165) is 4.31 Å². The quantitative estimate of drug-likeness (QED) is 0.403. The van der Waals surface area contributed by atoms with E-state index < -0.39 is 32.5 Å². The van der Waals surface area contributed by atoms with Gasteiger partial charge in [0.25, 0.3) is 10.0 Å². The van der Waals surface area contributed by atoms with Crippen molar-refractivity contribution in [2.24, 2.45) is 0 Å². The van der Waals surface area contributed by atoms with Crippen LogP contribution in [-0.4, -0.2) is 67.0 Å². The first-order valence-corrected chi connectivity index (χ1v) is 15.2. The van der Waals surface area contributed by atoms with Crippen LogP contribution in [0.4, 0.5) is 11.4 Å². The van der Waals surface area contributed by atoms with Crippen molar-refractivity contribution in [3.63, 3.8) is 0 Å². The zero-order chi connectivity index (χ0) is 28.2. The van der Waals surface area contributed by atoms with Crippen LogP contribution < -0.4 is 14.4 Å². The van der Waals surface area contributed by atoms with Crippen LogP contribution in [0.2, 0.25) is 5.02 Å². The number of amides is 1. The van der Waals surface area contributed by atoms with Gasteiger partial charge >= 0.3 is 0 Å². The van der Waals surface area contributed by atoms with Crippen molar-refractivity contribution in [2.45, 2.75) is 16.7 Å². The second-order valence-electron chi connectivity index (χ2n) is 8.68. The molecule has 39 heavy (non-hydrogen) atoms. The van der Waals surface area contributed by atoms with Gasteiger partial charge in [-0.2, -0.15) is 4.31 Å². The summed E-state index contributed by atoms with van der Waals surface area (Å²) in [7, 11) is -6.74. The van der Waals surface area contributed by atoms with Crippen LogP contribution in [-0.2, 0) is 29.6 Å². The van der Waals surface area contributed by atoms with Crippen LogP contribution in [0.25, 0.3) is 0 Å². The number of anilines is 2. The van der Waals surface area contributed by atoms with Crippen molar-refractivity contribution in [3.8, 4) is 5.75 Å². The van der Waals surface area contributed by atoms with Crippen LogP contribution >= 0.6 is 11.6 Å². The molecule has 208 valence electrons. The summed E-state index contributed by atoms with van der Waals surface area (Å²) in [6.07, 6.45) is 0. The number of ether oxygens (including phenoxy) is 2. The monoisotopic (exact) mass is 593 g/mol. The lowest BCUT2D eigenvalue weighted by Crippen LogP contribution is -2.40. The number of methoxy groups -OCH3 is 1. The maximum absolute atomic E-state index is 13.6. The molecule has 0 bridgehead atoms. The lowest BCUT2D eigenvalue weighted by molar-refractivity contribution is -0.114. The number of nitrogens with one attached hydrogen (secondary N) is 1. The fourth-order valence-electron chi connectivity index (χ4n) is 4.09. The number of aryl methyl sites for hydroxylation is 1. The number of hydrogen-bond donors (Lipinski definition) is 1. The van der Waals surface area contributed by atoms with Gasteiger partial charge in [-0.1, -0.05) is 29.8 Å². The minimum atomic E-state index is -4.16. The Morgan fingerprint density at radius 3 is 2.33 bits per heavy atom. The van der Waals surface area contributed by atoms with Gasteiger partial charge in [-0.3, -0.25) is 9.10 Å². The largest absolute Gasteiger partial charge is 0.495 e. The summed E-state index contributed by atoms with van der Waals surface area (Å²) in [4.78, 5) is 13.1. The zero-order valence-corrected chi connectivity index (χ0v) is 23.7. The molecule has 1 amide bonds. The summed E-state index contributed by atoms with van der Waals surface area (Å²) >= 11 is 5.94. The van der Waals surface area contributed by atoms with Gasteiger partial charge in [0.15, 0.2) is 0 Å². The van der Waals surface area contributed by atoms with Gasteiger partial charge in [-0.15, -0.1) is 0 Å². The minimum Gasteiger partial charge on any atom is -0.495 e. The van der Waals surface area contributed by atoms with Gasteiger partial charge in [0.05, 0.1) is 30.9 Å². The van der Waals surface area contributed by atoms with Crippen molar-refractivity contribution in [2.75, 3.05) is 49.6 Å². The van der Waals surface area contributed by atoms with E-state index in [9.17, 15) is 21.6 Å². The van der Waals surface area contributed by atoms with Crippen molar-refractivity contribution in [1.29, 1.82) is 0 Å². The van der Waals surface area contributed by atoms with Crippen molar-refractivity contribution < 1.29 is 31.1 Å². The number of para-hydroxylation sites is 1. The minimum absolute atomic E-state index is 0.0358. The first-order valence-electron chi connectivity index (χ1n) is 11.9. The van der Waals surface area contributed by atoms with E-state index in [2.05, 4.69) is 5.32 Å². The Bertz CT molecular complexity index is 1560. The molecular formula is C26H28ClN3O7S2.